The second-order valence-electron chi connectivity index (χ2n) is 0.707. The van der Waals surface area contributed by atoms with Crippen LogP contribution in [0.15, 0.2) is 0 Å². The van der Waals surface area contributed by atoms with E-state index in [4.69, 9.17) is 0 Å². The molecule has 0 saturated heterocycles. The summed E-state index contributed by atoms with van der Waals surface area (Å²) in [5.41, 5.74) is 0. The molecule has 0 unspecified atom stereocenters. The first-order chi connectivity index (χ1) is 2.41. The van der Waals surface area contributed by atoms with Crippen molar-refractivity contribution in [2.75, 3.05) is 0 Å². The molecule has 0 amide bonds. The van der Waals surface area contributed by atoms with Gasteiger partial charge in [0.2, 0.25) is 0 Å². The summed E-state index contributed by atoms with van der Waals surface area (Å²) in [6, 6.07) is 0. The normalized spacial score (nSPS) is 2.40. The first-order valence-electron chi connectivity index (χ1n) is 2.41. The summed E-state index contributed by atoms with van der Waals surface area (Å²) in [5.74, 6) is 0. The molecule has 0 nitrogen and oxygen atoms in total. The van der Waals surface area contributed by atoms with Crippen LogP contribution < -0.4 is 0 Å². The molecule has 0 radical (unpaired) electrons. The zero-order chi connectivity index (χ0) is 4.71. The van der Waals surface area contributed by atoms with E-state index in [-0.39, 0.29) is 158 Å². The van der Waals surface area contributed by atoms with Gasteiger partial charge in [-0.1, -0.05) is 41.5 Å². The Bertz CT molecular complexity index is 9.71. The van der Waals surface area contributed by atoms with Gasteiger partial charge in [0, 0.05) is 151 Å². The maximum Gasteiger partial charge on any atom is 0 e. The largest absolute Gasteiger partial charge is 0.0776 e. The molecule has 0 heterocycles. The van der Waals surface area contributed by atoms with E-state index >= 15 is 0 Å². The van der Waals surface area contributed by atoms with Crippen LogP contribution in [0, 0.1) is 151 Å². The molecule has 0 aromatic heterocycles. The van der Waals surface area contributed by atoms with Gasteiger partial charge in [0.15, 0.2) is 0 Å². The van der Waals surface area contributed by atoms with Gasteiger partial charge in [0.1, 0.15) is 0 Å². The van der Waals surface area contributed by atoms with Crippen LogP contribution in [-0.2, 0) is 0 Å². The minimum absolute atomic E-state index is 0. The van der Waals surface area contributed by atoms with Gasteiger partial charge in [0.05, 0.1) is 0 Å². The van der Waals surface area contributed by atoms with Crippen molar-refractivity contribution >= 4 is 0 Å². The number of rotatable bonds is 0. The van der Waals surface area contributed by atoms with E-state index in [1.165, 1.54) is 6.42 Å². The average Bonchev–Trinajstić information content (AvgIpc) is 1.46. The van der Waals surface area contributed by atoms with E-state index in [2.05, 4.69) is 13.8 Å². The Morgan fingerprint density at radius 3 is 0.700 bits per heavy atom. The fourth-order valence-corrected chi connectivity index (χ4v) is 0. The molecule has 74 valence electrons. The predicted octanol–water partition coefficient (Wildman–Crippen LogP) is 3.08. The third-order valence-electron chi connectivity index (χ3n) is 0. The van der Waals surface area contributed by atoms with Crippen molar-refractivity contribution in [3.8, 4) is 0 Å². The van der Waals surface area contributed by atoms with Crippen molar-refractivity contribution in [1.29, 1.82) is 0 Å². The maximum absolute atomic E-state index is 2.12. The van der Waals surface area contributed by atoms with E-state index in [9.17, 15) is 0 Å². The minimum atomic E-state index is 0. The van der Waals surface area contributed by atoms with E-state index in [0.29, 0.717) is 0 Å². The summed E-state index contributed by atoms with van der Waals surface area (Å²) in [5, 5.41) is 0. The summed E-state index contributed by atoms with van der Waals surface area (Å²) >= 11 is 0. The molecule has 0 aliphatic carbocycles. The van der Waals surface area contributed by atoms with Crippen LogP contribution in [0.1, 0.15) is 41.5 Å². The SMILES string of the molecule is C.CC.CCC.[Ar].[Ar].[Ar].[Ar]. The zero-order valence-corrected chi connectivity index (χ0v) is 8.95. The van der Waals surface area contributed by atoms with Gasteiger partial charge in [-0.2, -0.15) is 0 Å². The molecular formula is C6H18Ar4. The Morgan fingerprint density at radius 1 is 0.700 bits per heavy atom. The molecule has 0 fully saturated rings. The predicted molar refractivity (Wildman–Crippen MR) is 34.0 cm³/mol. The fraction of sp³-hybridized carbons (Fsp3) is 1.00. The Labute approximate surface area is 187 Å². The first kappa shape index (κ1) is 45.9. The van der Waals surface area contributed by atoms with Crippen molar-refractivity contribution in [3.05, 3.63) is 0 Å². The summed E-state index contributed by atoms with van der Waals surface area (Å²) < 4.78 is 0. The van der Waals surface area contributed by atoms with E-state index in [1.54, 1.807) is 0 Å². The molecule has 4 heteroatoms. The number of hydrogen-bond acceptors (Lipinski definition) is 0. The fourth-order valence-electron chi connectivity index (χ4n) is 0. The third-order valence-corrected chi connectivity index (χ3v) is 0. The summed E-state index contributed by atoms with van der Waals surface area (Å²) in [4.78, 5) is 0. The quantitative estimate of drug-likeness (QED) is 0.619. The molecule has 0 aliphatic rings. The molecule has 0 N–H and O–H groups in total. The molecular weight excluding hydrogens is 232 g/mol. The van der Waals surface area contributed by atoms with Crippen LogP contribution in [-0.4, -0.2) is 0 Å². The molecule has 0 saturated carbocycles. The smallest absolute Gasteiger partial charge is 0 e. The topological polar surface area (TPSA) is 0 Å². The van der Waals surface area contributed by atoms with E-state index in [0.717, 1.165) is 0 Å². The Hall–Kier alpha value is 5.04. The number of hydrogen-bond donors (Lipinski definition) is 0. The van der Waals surface area contributed by atoms with Gasteiger partial charge in [-0.05, 0) is 0 Å². The second kappa shape index (κ2) is 65.4. The monoisotopic (exact) mass is 250 g/mol. The first-order valence-corrected chi connectivity index (χ1v) is 2.41. The second-order valence-corrected chi connectivity index (χ2v) is 0.707. The van der Waals surface area contributed by atoms with Crippen molar-refractivity contribution in [2.24, 2.45) is 0 Å². The molecule has 0 aromatic rings. The van der Waals surface area contributed by atoms with Crippen molar-refractivity contribution in [1.82, 2.24) is 0 Å². The van der Waals surface area contributed by atoms with Gasteiger partial charge < -0.3 is 0 Å². The molecule has 0 atom stereocenters. The molecule has 0 rings (SSSR count). The Kier molecular flexibility index (Phi) is 300. The third kappa shape index (κ3) is 74.4. The molecule has 0 aliphatic heterocycles. The van der Waals surface area contributed by atoms with Gasteiger partial charge >= 0.3 is 0 Å². The standard InChI is InChI=1S/C3H8.C2H6.CH4.4Ar/c1-3-2;1-2;;;;;/h3H2,1-2H3;1-2H3;1H4;;;;. The molecule has 0 spiro atoms. The van der Waals surface area contributed by atoms with Gasteiger partial charge in [-0.25, -0.2) is 0 Å². The average molecular weight is 250 g/mol. The van der Waals surface area contributed by atoms with Gasteiger partial charge in [0.25, 0.3) is 0 Å². The van der Waals surface area contributed by atoms with Crippen LogP contribution in [0.5, 0.6) is 0 Å². The Morgan fingerprint density at radius 2 is 0.700 bits per heavy atom. The van der Waals surface area contributed by atoms with Crippen LogP contribution in [0.3, 0.4) is 0 Å². The van der Waals surface area contributed by atoms with Crippen molar-refractivity contribution in [2.45, 2.75) is 41.5 Å². The van der Waals surface area contributed by atoms with Crippen LogP contribution >= 0.6 is 0 Å². The molecule has 0 bridgehead atoms. The summed E-state index contributed by atoms with van der Waals surface area (Å²) in [6.07, 6.45) is 1.25. The van der Waals surface area contributed by atoms with Gasteiger partial charge in [-0.3, -0.25) is 0 Å². The van der Waals surface area contributed by atoms with Gasteiger partial charge in [-0.15, -0.1) is 0 Å². The van der Waals surface area contributed by atoms with E-state index < -0.39 is 0 Å². The Balaban J connectivity index is -0.00000000246. The maximum atomic E-state index is 2.12. The van der Waals surface area contributed by atoms with E-state index in [1.807, 2.05) is 13.8 Å². The molecule has 10 heavy (non-hydrogen) atoms. The van der Waals surface area contributed by atoms with Crippen molar-refractivity contribution < 1.29 is 151 Å². The summed E-state index contributed by atoms with van der Waals surface area (Å²) in [6.45, 7) is 8.25. The van der Waals surface area contributed by atoms with Crippen molar-refractivity contribution in [3.63, 3.8) is 0 Å². The zero-order valence-electron chi connectivity index (χ0n) is 6.12. The van der Waals surface area contributed by atoms with Crippen LogP contribution in [0.2, 0.25) is 0 Å². The summed E-state index contributed by atoms with van der Waals surface area (Å²) in [7, 11) is 0. The minimum Gasteiger partial charge on any atom is -0.0776 e. The molecule has 0 aromatic carbocycles. The van der Waals surface area contributed by atoms with Crippen LogP contribution in [0.25, 0.3) is 0 Å². The van der Waals surface area contributed by atoms with Crippen LogP contribution in [0.4, 0.5) is 0 Å².